The van der Waals surface area contributed by atoms with Crippen molar-refractivity contribution < 1.29 is 17.6 Å². The van der Waals surface area contributed by atoms with E-state index in [1.807, 2.05) is 6.92 Å². The minimum atomic E-state index is -3.25. The third-order valence-corrected chi connectivity index (χ3v) is 5.74. The molecular weight excluding hydrogens is 374 g/mol. The minimum absolute atomic E-state index is 0.226. The number of carbonyl (C=O) groups is 1. The molecule has 5 nitrogen and oxygen atoms in total. The first-order valence-electron chi connectivity index (χ1n) is 7.93. The fourth-order valence-corrected chi connectivity index (χ4v) is 3.50. The number of furan rings is 1. The molecule has 3 rings (SSSR count). The first-order chi connectivity index (χ1) is 12.2. The predicted molar refractivity (Wildman–Crippen MR) is 101 cm³/mol. The normalized spacial score (nSPS) is 12.9. The molecule has 26 heavy (non-hydrogen) atoms. The molecule has 2 aromatic carbocycles. The Morgan fingerprint density at radius 1 is 1.12 bits per heavy atom. The molecule has 0 saturated carbocycles. The van der Waals surface area contributed by atoms with Gasteiger partial charge in [-0.1, -0.05) is 23.7 Å². The maximum atomic E-state index is 12.7. The van der Waals surface area contributed by atoms with Gasteiger partial charge in [0, 0.05) is 23.7 Å². The minimum Gasteiger partial charge on any atom is -0.451 e. The van der Waals surface area contributed by atoms with E-state index in [2.05, 4.69) is 0 Å². The summed E-state index contributed by atoms with van der Waals surface area (Å²) in [7, 11) is -1.57. The van der Waals surface area contributed by atoms with Crippen molar-refractivity contribution in [1.29, 1.82) is 0 Å². The smallest absolute Gasteiger partial charge is 0.289 e. The lowest BCUT2D eigenvalue weighted by molar-refractivity contribution is 0.0713. The summed E-state index contributed by atoms with van der Waals surface area (Å²) in [4.78, 5) is 14.5. The van der Waals surface area contributed by atoms with E-state index in [1.54, 1.807) is 60.5 Å². The Bertz CT molecular complexity index is 1070. The van der Waals surface area contributed by atoms with E-state index in [1.165, 1.54) is 0 Å². The standard InChI is InChI=1S/C19H18ClNO4S/c1-12(13-4-7-16(8-5-13)26(3,23)24)21(2)19(22)18-11-14-10-15(20)6-9-17(14)25-18/h4-12H,1-3H3. The van der Waals surface area contributed by atoms with Gasteiger partial charge in [-0.25, -0.2) is 8.42 Å². The Labute approximate surface area is 157 Å². The second-order valence-corrected chi connectivity index (χ2v) is 8.68. The Kier molecular flexibility index (Phi) is 4.82. The van der Waals surface area contributed by atoms with Crippen molar-refractivity contribution in [3.8, 4) is 0 Å². The summed E-state index contributed by atoms with van der Waals surface area (Å²) >= 11 is 5.97. The number of hydrogen-bond acceptors (Lipinski definition) is 4. The topological polar surface area (TPSA) is 67.6 Å². The molecule has 0 radical (unpaired) electrons. The van der Waals surface area contributed by atoms with Gasteiger partial charge in [0.15, 0.2) is 15.6 Å². The number of nitrogens with zero attached hydrogens (tertiary/aromatic N) is 1. The molecule has 1 heterocycles. The van der Waals surface area contributed by atoms with Gasteiger partial charge in [0.05, 0.1) is 10.9 Å². The van der Waals surface area contributed by atoms with E-state index in [0.29, 0.717) is 10.6 Å². The van der Waals surface area contributed by atoms with Crippen molar-refractivity contribution in [2.45, 2.75) is 17.9 Å². The lowest BCUT2D eigenvalue weighted by atomic mass is 10.1. The Balaban J connectivity index is 1.84. The molecule has 0 fully saturated rings. The van der Waals surface area contributed by atoms with Crippen molar-refractivity contribution >= 4 is 38.3 Å². The fraction of sp³-hybridized carbons (Fsp3) is 0.211. The van der Waals surface area contributed by atoms with Gasteiger partial charge in [-0.2, -0.15) is 0 Å². The average Bonchev–Trinajstić information content (AvgIpc) is 3.02. The van der Waals surface area contributed by atoms with Crippen molar-refractivity contribution in [2.75, 3.05) is 13.3 Å². The summed E-state index contributed by atoms with van der Waals surface area (Å²) in [5.74, 6) is -0.0404. The molecule has 0 aliphatic carbocycles. The van der Waals surface area contributed by atoms with Crippen molar-refractivity contribution in [3.05, 3.63) is 64.9 Å². The zero-order chi connectivity index (χ0) is 19.1. The molecule has 1 unspecified atom stereocenters. The highest BCUT2D eigenvalue weighted by molar-refractivity contribution is 7.90. The van der Waals surface area contributed by atoms with Crippen molar-refractivity contribution in [2.24, 2.45) is 0 Å². The van der Waals surface area contributed by atoms with Gasteiger partial charge in [-0.15, -0.1) is 0 Å². The second kappa shape index (κ2) is 6.78. The fourth-order valence-electron chi connectivity index (χ4n) is 2.69. The first-order valence-corrected chi connectivity index (χ1v) is 10.2. The van der Waals surface area contributed by atoms with Gasteiger partial charge < -0.3 is 9.32 Å². The van der Waals surface area contributed by atoms with E-state index >= 15 is 0 Å². The zero-order valence-electron chi connectivity index (χ0n) is 14.6. The molecule has 1 amide bonds. The van der Waals surface area contributed by atoms with Crippen LogP contribution in [0, 0.1) is 0 Å². The van der Waals surface area contributed by atoms with Crippen LogP contribution in [0.15, 0.2) is 57.8 Å². The Morgan fingerprint density at radius 3 is 2.38 bits per heavy atom. The highest BCUT2D eigenvalue weighted by Gasteiger charge is 2.22. The molecule has 0 N–H and O–H groups in total. The monoisotopic (exact) mass is 391 g/mol. The van der Waals surface area contributed by atoms with Crippen LogP contribution < -0.4 is 0 Å². The summed E-state index contributed by atoms with van der Waals surface area (Å²) in [6.45, 7) is 1.87. The second-order valence-electron chi connectivity index (χ2n) is 6.23. The zero-order valence-corrected chi connectivity index (χ0v) is 16.1. The number of benzene rings is 2. The third-order valence-electron chi connectivity index (χ3n) is 4.38. The average molecular weight is 392 g/mol. The van der Waals surface area contributed by atoms with Crippen LogP contribution in [0.5, 0.6) is 0 Å². The first kappa shape index (κ1) is 18.5. The number of hydrogen-bond donors (Lipinski definition) is 0. The van der Waals surface area contributed by atoms with Crippen LogP contribution in [0.25, 0.3) is 11.0 Å². The van der Waals surface area contributed by atoms with E-state index in [-0.39, 0.29) is 22.6 Å². The van der Waals surface area contributed by atoms with Crippen LogP contribution in [0.4, 0.5) is 0 Å². The molecule has 136 valence electrons. The van der Waals surface area contributed by atoms with Crippen LogP contribution >= 0.6 is 11.6 Å². The van der Waals surface area contributed by atoms with Crippen LogP contribution in [-0.4, -0.2) is 32.5 Å². The number of amides is 1. The highest BCUT2D eigenvalue weighted by Crippen LogP contribution is 2.26. The number of fused-ring (bicyclic) bond motifs is 1. The van der Waals surface area contributed by atoms with E-state index in [0.717, 1.165) is 17.2 Å². The molecule has 0 spiro atoms. The molecule has 0 aliphatic heterocycles. The maximum Gasteiger partial charge on any atom is 0.289 e. The van der Waals surface area contributed by atoms with Gasteiger partial charge in [0.25, 0.3) is 5.91 Å². The van der Waals surface area contributed by atoms with Gasteiger partial charge in [-0.05, 0) is 48.9 Å². The van der Waals surface area contributed by atoms with Crippen LogP contribution in [0.1, 0.15) is 29.1 Å². The van der Waals surface area contributed by atoms with Crippen molar-refractivity contribution in [1.82, 2.24) is 4.90 Å². The summed E-state index contributed by atoms with van der Waals surface area (Å²) < 4.78 is 28.8. The van der Waals surface area contributed by atoms with Gasteiger partial charge >= 0.3 is 0 Å². The van der Waals surface area contributed by atoms with Gasteiger partial charge in [0.1, 0.15) is 5.58 Å². The summed E-state index contributed by atoms with van der Waals surface area (Å²) in [6, 6.07) is 13.1. The van der Waals surface area contributed by atoms with E-state index in [9.17, 15) is 13.2 Å². The van der Waals surface area contributed by atoms with Crippen LogP contribution in [0.2, 0.25) is 5.02 Å². The van der Waals surface area contributed by atoms with E-state index < -0.39 is 9.84 Å². The maximum absolute atomic E-state index is 12.7. The van der Waals surface area contributed by atoms with Gasteiger partial charge in [0.2, 0.25) is 0 Å². The predicted octanol–water partition coefficient (Wildman–Crippen LogP) is 4.32. The molecular formula is C19H18ClNO4S. The number of halogens is 1. The number of carbonyl (C=O) groups excluding carboxylic acids is 1. The third kappa shape index (κ3) is 3.61. The Hall–Kier alpha value is -2.31. The molecule has 3 aromatic rings. The molecule has 0 saturated heterocycles. The number of rotatable bonds is 4. The SMILES string of the molecule is CC(c1ccc(S(C)(=O)=O)cc1)N(C)C(=O)c1cc2cc(Cl)ccc2o1. The molecule has 1 aromatic heterocycles. The van der Waals surface area contributed by atoms with Gasteiger partial charge in [-0.3, -0.25) is 4.79 Å². The number of sulfone groups is 1. The quantitative estimate of drug-likeness (QED) is 0.664. The summed E-state index contributed by atoms with van der Waals surface area (Å²) in [6.07, 6.45) is 1.16. The molecule has 7 heteroatoms. The lowest BCUT2D eigenvalue weighted by Crippen LogP contribution is -2.29. The van der Waals surface area contributed by atoms with Crippen LogP contribution in [0.3, 0.4) is 0 Å². The highest BCUT2D eigenvalue weighted by atomic mass is 35.5. The summed E-state index contributed by atoms with van der Waals surface area (Å²) in [5, 5.41) is 1.34. The Morgan fingerprint density at radius 2 is 1.77 bits per heavy atom. The molecule has 0 bridgehead atoms. The molecule has 1 atom stereocenters. The largest absolute Gasteiger partial charge is 0.451 e. The van der Waals surface area contributed by atoms with Crippen LogP contribution in [-0.2, 0) is 9.84 Å². The van der Waals surface area contributed by atoms with E-state index in [4.69, 9.17) is 16.0 Å². The molecule has 0 aliphatic rings. The summed E-state index contributed by atoms with van der Waals surface area (Å²) in [5.41, 5.74) is 1.42. The van der Waals surface area contributed by atoms with Crippen molar-refractivity contribution in [3.63, 3.8) is 0 Å². The lowest BCUT2D eigenvalue weighted by Gasteiger charge is -2.24.